The van der Waals surface area contributed by atoms with E-state index in [-0.39, 0.29) is 40.7 Å². The van der Waals surface area contributed by atoms with Gasteiger partial charge >= 0.3 is 6.03 Å². The van der Waals surface area contributed by atoms with Gasteiger partial charge in [0.2, 0.25) is 0 Å². The van der Waals surface area contributed by atoms with Crippen molar-refractivity contribution in [3.63, 3.8) is 0 Å². The Kier molecular flexibility index (Phi) is 8.26. The van der Waals surface area contributed by atoms with Crippen LogP contribution < -0.4 is 24.8 Å². The molecule has 2 heterocycles. The standard InChI is InChI=1S/C23H32N4O6S2/c1-6-15-13(3)12-27(21(15)28)23(29)25-14(4)16-8-9-33-18-11-19(32-7-2)20(10-17(16)18)35(30,31)26-22(34)24-5/h10-11,14,16H,6-9,12H2,1-5H3,(H,25,29)(H2,24,26,34). The molecule has 0 saturated heterocycles. The Bertz CT molecular complexity index is 1160. The highest BCUT2D eigenvalue weighted by molar-refractivity contribution is 7.92. The summed E-state index contributed by atoms with van der Waals surface area (Å²) in [7, 11) is -2.53. The van der Waals surface area contributed by atoms with Crippen LogP contribution in [0.1, 0.15) is 52.0 Å². The third-order valence-corrected chi connectivity index (χ3v) is 7.98. The summed E-state index contributed by atoms with van der Waals surface area (Å²) in [4.78, 5) is 26.7. The lowest BCUT2D eigenvalue weighted by atomic mass is 9.87. The van der Waals surface area contributed by atoms with Crippen molar-refractivity contribution in [3.05, 3.63) is 28.8 Å². The number of amides is 3. The lowest BCUT2D eigenvalue weighted by Gasteiger charge is -2.32. The molecule has 0 aromatic heterocycles. The summed E-state index contributed by atoms with van der Waals surface area (Å²) in [6.07, 6.45) is 1.12. The van der Waals surface area contributed by atoms with Gasteiger partial charge in [0.25, 0.3) is 15.9 Å². The first-order chi connectivity index (χ1) is 16.5. The zero-order valence-electron chi connectivity index (χ0n) is 20.6. The Labute approximate surface area is 211 Å². The van der Waals surface area contributed by atoms with E-state index in [4.69, 9.17) is 21.7 Å². The average Bonchev–Trinajstić information content (AvgIpc) is 3.10. The minimum Gasteiger partial charge on any atom is -0.493 e. The molecule has 2 aliphatic rings. The molecule has 3 N–H and O–H groups in total. The van der Waals surface area contributed by atoms with Gasteiger partial charge in [-0.1, -0.05) is 6.92 Å². The van der Waals surface area contributed by atoms with Crippen molar-refractivity contribution in [1.82, 2.24) is 20.3 Å². The number of nitrogens with one attached hydrogen (secondary N) is 3. The summed E-state index contributed by atoms with van der Waals surface area (Å²) in [6, 6.07) is 2.19. The van der Waals surface area contributed by atoms with E-state index in [1.54, 1.807) is 13.0 Å². The van der Waals surface area contributed by atoms with Crippen LogP contribution in [0.4, 0.5) is 4.79 Å². The molecule has 10 nitrogen and oxygen atoms in total. The maximum absolute atomic E-state index is 13.1. The Morgan fingerprint density at radius 2 is 2.06 bits per heavy atom. The van der Waals surface area contributed by atoms with Crippen molar-refractivity contribution in [2.45, 2.75) is 57.4 Å². The van der Waals surface area contributed by atoms with Gasteiger partial charge in [-0.15, -0.1) is 0 Å². The van der Waals surface area contributed by atoms with Crippen LogP contribution in [0.25, 0.3) is 0 Å². The predicted molar refractivity (Wildman–Crippen MR) is 135 cm³/mol. The second-order valence-electron chi connectivity index (χ2n) is 8.44. The number of carbonyl (C=O) groups is 2. The van der Waals surface area contributed by atoms with E-state index in [1.165, 1.54) is 18.0 Å². The normalized spacial score (nSPS) is 18.5. The first-order valence-corrected chi connectivity index (χ1v) is 13.4. The first kappa shape index (κ1) is 26.7. The van der Waals surface area contributed by atoms with E-state index < -0.39 is 22.1 Å². The Balaban J connectivity index is 1.90. The van der Waals surface area contributed by atoms with Crippen LogP contribution in [-0.2, 0) is 14.8 Å². The van der Waals surface area contributed by atoms with Gasteiger partial charge in [-0.2, -0.15) is 0 Å². The van der Waals surface area contributed by atoms with Crippen molar-refractivity contribution in [1.29, 1.82) is 0 Å². The summed E-state index contributed by atoms with van der Waals surface area (Å²) in [5.41, 5.74) is 2.18. The van der Waals surface area contributed by atoms with E-state index in [1.807, 2.05) is 20.8 Å². The van der Waals surface area contributed by atoms with E-state index in [2.05, 4.69) is 15.4 Å². The lowest BCUT2D eigenvalue weighted by Crippen LogP contribution is -2.47. The second kappa shape index (κ2) is 10.8. The van der Waals surface area contributed by atoms with Crippen LogP contribution in [0.2, 0.25) is 0 Å². The molecule has 2 atom stereocenters. The summed E-state index contributed by atoms with van der Waals surface area (Å²) in [6.45, 7) is 8.24. The summed E-state index contributed by atoms with van der Waals surface area (Å²) in [5.74, 6) is 0.111. The summed E-state index contributed by atoms with van der Waals surface area (Å²) < 4.78 is 39.8. The fourth-order valence-corrected chi connectivity index (χ4v) is 5.84. The van der Waals surface area contributed by atoms with Crippen LogP contribution in [0, 0.1) is 0 Å². The van der Waals surface area contributed by atoms with Gasteiger partial charge in [0.05, 0.1) is 19.8 Å². The number of ether oxygens (including phenoxy) is 2. The Hall–Kier alpha value is -2.86. The Morgan fingerprint density at radius 1 is 1.34 bits per heavy atom. The fourth-order valence-electron chi connectivity index (χ4n) is 4.39. The summed E-state index contributed by atoms with van der Waals surface area (Å²) in [5, 5.41) is 5.46. The molecular formula is C23H32N4O6S2. The smallest absolute Gasteiger partial charge is 0.324 e. The molecule has 35 heavy (non-hydrogen) atoms. The van der Waals surface area contributed by atoms with Crippen LogP contribution in [0.5, 0.6) is 11.5 Å². The van der Waals surface area contributed by atoms with Gasteiger partial charge in [0.15, 0.2) is 5.11 Å². The minimum absolute atomic E-state index is 0.0516. The average molecular weight is 525 g/mol. The molecular weight excluding hydrogens is 492 g/mol. The van der Waals surface area contributed by atoms with Gasteiger partial charge in [-0.3, -0.25) is 14.4 Å². The molecule has 0 aliphatic carbocycles. The molecule has 12 heteroatoms. The van der Waals surface area contributed by atoms with Gasteiger partial charge < -0.3 is 20.1 Å². The molecule has 0 bridgehead atoms. The van der Waals surface area contributed by atoms with Crippen LogP contribution in [0.15, 0.2) is 28.2 Å². The number of nitrogens with zero attached hydrogens (tertiary/aromatic N) is 1. The number of hydrogen-bond acceptors (Lipinski definition) is 7. The molecule has 1 aromatic rings. The number of rotatable bonds is 7. The molecule has 1 aromatic carbocycles. The molecule has 3 rings (SSSR count). The van der Waals surface area contributed by atoms with E-state index >= 15 is 0 Å². The first-order valence-electron chi connectivity index (χ1n) is 11.5. The Morgan fingerprint density at radius 3 is 2.66 bits per heavy atom. The van der Waals surface area contributed by atoms with Gasteiger partial charge in [-0.25, -0.2) is 13.2 Å². The number of thiocarbonyl (C=S) groups is 1. The number of carbonyl (C=O) groups excluding carboxylic acids is 2. The molecule has 0 spiro atoms. The number of fused-ring (bicyclic) bond motifs is 1. The molecule has 2 aliphatic heterocycles. The highest BCUT2D eigenvalue weighted by Gasteiger charge is 2.35. The van der Waals surface area contributed by atoms with E-state index in [9.17, 15) is 18.0 Å². The molecule has 0 radical (unpaired) electrons. The number of sulfonamides is 1. The third kappa shape index (κ3) is 5.53. The minimum atomic E-state index is -4.05. The van der Waals surface area contributed by atoms with Crippen LogP contribution in [0.3, 0.4) is 0 Å². The molecule has 3 amide bonds. The fraction of sp³-hybridized carbons (Fsp3) is 0.522. The van der Waals surface area contributed by atoms with Gasteiger partial charge in [-0.05, 0) is 57.5 Å². The SMILES string of the molecule is CCOc1cc2c(cc1S(=O)(=O)NC(=S)NC)C(C(C)NC(=O)N1CC(C)=C(CC)C1=O)CCO2. The maximum Gasteiger partial charge on any atom is 0.324 e. The van der Waals surface area contributed by atoms with E-state index in [0.717, 1.165) is 5.57 Å². The summed E-state index contributed by atoms with van der Waals surface area (Å²) >= 11 is 4.98. The molecule has 2 unspecified atom stereocenters. The van der Waals surface area contributed by atoms with Crippen molar-refractivity contribution in [2.24, 2.45) is 0 Å². The second-order valence-corrected chi connectivity index (χ2v) is 10.5. The number of imide groups is 1. The highest BCUT2D eigenvalue weighted by Crippen LogP contribution is 2.41. The van der Waals surface area contributed by atoms with Gasteiger partial charge in [0, 0.05) is 36.2 Å². The maximum atomic E-state index is 13.1. The van der Waals surface area contributed by atoms with Crippen LogP contribution in [-0.4, -0.2) is 63.2 Å². The molecule has 0 saturated carbocycles. The van der Waals surface area contributed by atoms with Crippen molar-refractivity contribution >= 4 is 39.3 Å². The number of benzene rings is 1. The quantitative estimate of drug-likeness (QED) is 0.464. The number of hydrogen-bond donors (Lipinski definition) is 3. The highest BCUT2D eigenvalue weighted by atomic mass is 32.2. The largest absolute Gasteiger partial charge is 0.493 e. The monoisotopic (exact) mass is 524 g/mol. The number of urea groups is 1. The zero-order valence-corrected chi connectivity index (χ0v) is 22.2. The van der Waals surface area contributed by atoms with Crippen LogP contribution >= 0.6 is 12.2 Å². The third-order valence-electron chi connectivity index (χ3n) is 6.17. The van der Waals surface area contributed by atoms with Crippen molar-refractivity contribution < 1.29 is 27.5 Å². The molecule has 192 valence electrons. The topological polar surface area (TPSA) is 126 Å². The van der Waals surface area contributed by atoms with Gasteiger partial charge in [0.1, 0.15) is 16.4 Å². The predicted octanol–water partition coefficient (Wildman–Crippen LogP) is 2.40. The van der Waals surface area contributed by atoms with Crippen molar-refractivity contribution in [3.8, 4) is 11.5 Å². The van der Waals surface area contributed by atoms with E-state index in [0.29, 0.717) is 36.3 Å². The molecule has 0 fully saturated rings. The van der Waals surface area contributed by atoms with Crippen molar-refractivity contribution in [2.75, 3.05) is 26.8 Å². The lowest BCUT2D eigenvalue weighted by molar-refractivity contribution is -0.123. The zero-order chi connectivity index (χ0) is 25.9.